The number of fused-ring (bicyclic) bond motifs is 6. The van der Waals surface area contributed by atoms with Crippen LogP contribution in [0, 0.1) is 0 Å². The summed E-state index contributed by atoms with van der Waals surface area (Å²) in [5, 5.41) is 8.20. The number of oxazole rings is 1. The quantitative estimate of drug-likeness (QED) is 0.210. The highest BCUT2D eigenvalue weighted by Gasteiger charge is 2.22. The number of aromatic nitrogens is 1. The number of hydrogen-bond acceptors (Lipinski definition) is 3. The zero-order valence-electron chi connectivity index (χ0n) is 22.5. The van der Waals surface area contributed by atoms with Gasteiger partial charge in [0.25, 0.3) is 0 Å². The van der Waals surface area contributed by atoms with Gasteiger partial charge in [0.2, 0.25) is 5.89 Å². The Morgan fingerprint density at radius 3 is 1.79 bits per heavy atom. The first kappa shape index (κ1) is 23.1. The number of benzene rings is 7. The number of para-hydroxylation sites is 1. The molecule has 0 saturated carbocycles. The maximum atomic E-state index is 6.29. The maximum Gasteiger partial charge on any atom is 0.227 e. The van der Waals surface area contributed by atoms with Crippen LogP contribution in [-0.4, -0.2) is 4.98 Å². The lowest BCUT2D eigenvalue weighted by atomic mass is 9.85. The van der Waals surface area contributed by atoms with E-state index in [-0.39, 0.29) is 0 Å². The molecule has 0 amide bonds. The Balaban J connectivity index is 1.40. The molecule has 0 bridgehead atoms. The van der Waals surface area contributed by atoms with E-state index in [9.17, 15) is 0 Å². The van der Waals surface area contributed by atoms with Gasteiger partial charge in [0.05, 0.1) is 6.26 Å². The molecule has 0 aliphatic carbocycles. The third-order valence-electron chi connectivity index (χ3n) is 8.37. The van der Waals surface area contributed by atoms with Crippen LogP contribution in [0.1, 0.15) is 0 Å². The Labute approximate surface area is 241 Å². The highest BCUT2D eigenvalue weighted by Crippen LogP contribution is 2.48. The summed E-state index contributed by atoms with van der Waals surface area (Å²) >= 11 is 0. The van der Waals surface area contributed by atoms with Gasteiger partial charge in [0.1, 0.15) is 11.1 Å². The lowest BCUT2D eigenvalue weighted by molar-refractivity contribution is 0.617. The molecule has 3 heteroatoms. The molecule has 2 aromatic heterocycles. The molecular weight excluding hydrogens is 514 g/mol. The van der Waals surface area contributed by atoms with Gasteiger partial charge in [0.15, 0.2) is 5.58 Å². The summed E-state index contributed by atoms with van der Waals surface area (Å²) in [5.74, 6) is 0.625. The van der Waals surface area contributed by atoms with Crippen molar-refractivity contribution < 1.29 is 8.83 Å². The number of nitrogens with zero attached hydrogens (tertiary/aromatic N) is 1. The minimum atomic E-state index is 0.625. The van der Waals surface area contributed by atoms with Crippen LogP contribution in [-0.2, 0) is 0 Å². The molecule has 9 rings (SSSR count). The Kier molecular flexibility index (Phi) is 4.90. The Morgan fingerprint density at radius 2 is 1.07 bits per heavy atom. The minimum Gasteiger partial charge on any atom is -0.464 e. The van der Waals surface area contributed by atoms with E-state index in [1.54, 1.807) is 0 Å². The summed E-state index contributed by atoms with van der Waals surface area (Å²) in [6.45, 7) is 0. The molecule has 0 radical (unpaired) electrons. The van der Waals surface area contributed by atoms with E-state index in [4.69, 9.17) is 13.8 Å². The molecule has 7 aromatic carbocycles. The molecule has 0 fully saturated rings. The van der Waals surface area contributed by atoms with Crippen LogP contribution in [0.3, 0.4) is 0 Å². The second-order valence-electron chi connectivity index (χ2n) is 10.7. The SMILES string of the molecule is c1ccc(-c2nc3c(-c4c5ccccc5c(-c5coc6ccc7ccccc7c56)c5ccccc45)cccc3o2)cc1. The zero-order valence-corrected chi connectivity index (χ0v) is 22.5. The molecule has 42 heavy (non-hydrogen) atoms. The van der Waals surface area contributed by atoms with Gasteiger partial charge in [-0.25, -0.2) is 4.98 Å². The summed E-state index contributed by atoms with van der Waals surface area (Å²) < 4.78 is 12.5. The van der Waals surface area contributed by atoms with E-state index in [0.717, 1.165) is 55.1 Å². The molecule has 0 unspecified atom stereocenters. The summed E-state index contributed by atoms with van der Waals surface area (Å²) in [5.41, 5.74) is 7.98. The molecule has 0 aliphatic heterocycles. The molecule has 0 saturated heterocycles. The number of furan rings is 1. The summed E-state index contributed by atoms with van der Waals surface area (Å²) in [6, 6.07) is 46.4. The first-order valence-electron chi connectivity index (χ1n) is 14.1. The fourth-order valence-electron chi connectivity index (χ4n) is 6.56. The van der Waals surface area contributed by atoms with Crippen molar-refractivity contribution in [3.05, 3.63) is 140 Å². The highest BCUT2D eigenvalue weighted by molar-refractivity contribution is 6.26. The summed E-state index contributed by atoms with van der Waals surface area (Å²) in [4.78, 5) is 5.04. The van der Waals surface area contributed by atoms with Gasteiger partial charge >= 0.3 is 0 Å². The van der Waals surface area contributed by atoms with Crippen LogP contribution in [0.25, 0.3) is 88.1 Å². The van der Waals surface area contributed by atoms with Gasteiger partial charge in [-0.15, -0.1) is 0 Å². The fraction of sp³-hybridized carbons (Fsp3) is 0. The second-order valence-corrected chi connectivity index (χ2v) is 10.7. The normalized spacial score (nSPS) is 11.8. The van der Waals surface area contributed by atoms with E-state index in [1.807, 2.05) is 42.7 Å². The average Bonchev–Trinajstić information content (AvgIpc) is 3.69. The lowest BCUT2D eigenvalue weighted by Crippen LogP contribution is -1.91. The molecular formula is C39H23NO2. The summed E-state index contributed by atoms with van der Waals surface area (Å²) in [7, 11) is 0. The molecule has 0 spiro atoms. The predicted octanol–water partition coefficient (Wildman–Crippen LogP) is 11.0. The second kappa shape index (κ2) is 8.92. The van der Waals surface area contributed by atoms with E-state index < -0.39 is 0 Å². The largest absolute Gasteiger partial charge is 0.464 e. The van der Waals surface area contributed by atoms with E-state index in [1.165, 1.54) is 27.1 Å². The predicted molar refractivity (Wildman–Crippen MR) is 173 cm³/mol. The minimum absolute atomic E-state index is 0.625. The van der Waals surface area contributed by atoms with Gasteiger partial charge in [-0.2, -0.15) is 0 Å². The third kappa shape index (κ3) is 3.31. The first-order valence-corrected chi connectivity index (χ1v) is 14.1. The fourth-order valence-corrected chi connectivity index (χ4v) is 6.56. The van der Waals surface area contributed by atoms with Crippen molar-refractivity contribution in [2.24, 2.45) is 0 Å². The molecule has 2 heterocycles. The Hall–Kier alpha value is -5.67. The van der Waals surface area contributed by atoms with Gasteiger partial charge in [-0.05, 0) is 62.1 Å². The molecule has 9 aromatic rings. The van der Waals surface area contributed by atoms with E-state index in [2.05, 4.69) is 97.1 Å². The topological polar surface area (TPSA) is 39.2 Å². The molecule has 196 valence electrons. The van der Waals surface area contributed by atoms with Crippen molar-refractivity contribution in [2.45, 2.75) is 0 Å². The lowest BCUT2D eigenvalue weighted by Gasteiger charge is -2.17. The number of hydrogen-bond donors (Lipinski definition) is 0. The van der Waals surface area contributed by atoms with Crippen molar-refractivity contribution in [3.8, 4) is 33.7 Å². The molecule has 0 atom stereocenters. The molecule has 0 aliphatic rings. The molecule has 3 nitrogen and oxygen atoms in total. The van der Waals surface area contributed by atoms with Crippen LogP contribution in [0.15, 0.2) is 149 Å². The van der Waals surface area contributed by atoms with Gasteiger partial charge in [0, 0.05) is 27.6 Å². The van der Waals surface area contributed by atoms with Gasteiger partial charge in [-0.1, -0.05) is 109 Å². The first-order chi connectivity index (χ1) is 20.8. The van der Waals surface area contributed by atoms with Crippen molar-refractivity contribution in [1.29, 1.82) is 0 Å². The maximum absolute atomic E-state index is 6.29. The van der Waals surface area contributed by atoms with Gasteiger partial charge < -0.3 is 8.83 Å². The van der Waals surface area contributed by atoms with E-state index in [0.29, 0.717) is 5.89 Å². The Morgan fingerprint density at radius 1 is 0.452 bits per heavy atom. The van der Waals surface area contributed by atoms with Crippen molar-refractivity contribution in [2.75, 3.05) is 0 Å². The molecule has 0 N–H and O–H groups in total. The van der Waals surface area contributed by atoms with Gasteiger partial charge in [-0.3, -0.25) is 0 Å². The number of rotatable bonds is 3. The van der Waals surface area contributed by atoms with Crippen molar-refractivity contribution >= 4 is 54.4 Å². The van der Waals surface area contributed by atoms with Crippen LogP contribution in [0.4, 0.5) is 0 Å². The monoisotopic (exact) mass is 537 g/mol. The Bertz CT molecular complexity index is 2410. The van der Waals surface area contributed by atoms with E-state index >= 15 is 0 Å². The van der Waals surface area contributed by atoms with Crippen LogP contribution >= 0.6 is 0 Å². The smallest absolute Gasteiger partial charge is 0.227 e. The van der Waals surface area contributed by atoms with Crippen LogP contribution in [0.2, 0.25) is 0 Å². The van der Waals surface area contributed by atoms with Crippen LogP contribution in [0.5, 0.6) is 0 Å². The van der Waals surface area contributed by atoms with Crippen LogP contribution < -0.4 is 0 Å². The summed E-state index contributed by atoms with van der Waals surface area (Å²) in [6.07, 6.45) is 1.93. The third-order valence-corrected chi connectivity index (χ3v) is 8.37. The van der Waals surface area contributed by atoms with Crippen molar-refractivity contribution in [3.63, 3.8) is 0 Å². The highest BCUT2D eigenvalue weighted by atomic mass is 16.3. The standard InChI is InChI=1S/C39H23NO2/c1-2-12-25(13-3-1)39-40-38-31(19-10-20-34(38)42-39)35-27-15-6-8-17-29(27)36(30-18-9-7-16-28(30)35)32-23-41-33-22-21-24-11-4-5-14-26(24)37(32)33/h1-23H. The average molecular weight is 538 g/mol. The van der Waals surface area contributed by atoms with Crippen molar-refractivity contribution in [1.82, 2.24) is 4.98 Å². The zero-order chi connectivity index (χ0) is 27.6.